The van der Waals surface area contributed by atoms with Gasteiger partial charge in [0.2, 0.25) is 0 Å². The fourth-order valence-corrected chi connectivity index (χ4v) is 2.50. The molecule has 1 aromatic heterocycles. The monoisotopic (exact) mass is 323 g/mol. The first kappa shape index (κ1) is 15.8. The molecule has 1 atom stereocenters. The van der Waals surface area contributed by atoms with E-state index in [0.717, 1.165) is 27.7 Å². The highest BCUT2D eigenvalue weighted by molar-refractivity contribution is 7.71. The van der Waals surface area contributed by atoms with Crippen LogP contribution >= 0.6 is 23.8 Å². The molecule has 1 aromatic carbocycles. The van der Waals surface area contributed by atoms with Crippen molar-refractivity contribution in [3.63, 3.8) is 0 Å². The number of halogens is 1. The van der Waals surface area contributed by atoms with Crippen molar-refractivity contribution in [2.75, 3.05) is 0 Å². The van der Waals surface area contributed by atoms with E-state index in [1.54, 1.807) is 6.08 Å². The van der Waals surface area contributed by atoms with Crippen LogP contribution in [0, 0.1) is 18.6 Å². The summed E-state index contributed by atoms with van der Waals surface area (Å²) in [4.78, 5) is 0. The average Bonchev–Trinajstić information content (AvgIpc) is 2.78. The predicted molar refractivity (Wildman–Crippen MR) is 87.6 cm³/mol. The van der Waals surface area contributed by atoms with E-state index in [9.17, 15) is 0 Å². The first-order valence-corrected chi connectivity index (χ1v) is 7.42. The zero-order valence-electron chi connectivity index (χ0n) is 12.3. The Bertz CT molecular complexity index is 697. The largest absolute Gasteiger partial charge is 0.483 e. The Balaban J connectivity index is 2.28. The van der Waals surface area contributed by atoms with Gasteiger partial charge in [-0.15, -0.1) is 6.58 Å². The maximum atomic E-state index is 6.17. The van der Waals surface area contributed by atoms with Gasteiger partial charge in [0.15, 0.2) is 16.7 Å². The summed E-state index contributed by atoms with van der Waals surface area (Å²) in [6.45, 7) is 10.2. The van der Waals surface area contributed by atoms with Gasteiger partial charge in [-0.3, -0.25) is 9.67 Å². The summed E-state index contributed by atoms with van der Waals surface area (Å²) in [5.74, 6) is 1.51. The Morgan fingerprint density at radius 3 is 2.67 bits per heavy atom. The van der Waals surface area contributed by atoms with E-state index in [2.05, 4.69) is 16.8 Å². The van der Waals surface area contributed by atoms with Crippen LogP contribution in [0.25, 0.3) is 0 Å². The summed E-state index contributed by atoms with van der Waals surface area (Å²) in [6.07, 6.45) is 1.54. The van der Waals surface area contributed by atoms with E-state index < -0.39 is 0 Å². The molecule has 6 heteroatoms. The van der Waals surface area contributed by atoms with Crippen LogP contribution in [0.4, 0.5) is 0 Å². The molecule has 0 spiro atoms. The molecule has 0 amide bonds. The number of ether oxygens (including phenoxy) is 1. The molecule has 0 fully saturated rings. The van der Waals surface area contributed by atoms with Crippen molar-refractivity contribution < 1.29 is 4.74 Å². The van der Waals surface area contributed by atoms with Gasteiger partial charge in [-0.05, 0) is 56.2 Å². The molecule has 21 heavy (non-hydrogen) atoms. The summed E-state index contributed by atoms with van der Waals surface area (Å²) in [7, 11) is 0. The zero-order chi connectivity index (χ0) is 15.6. The number of rotatable bonds is 5. The lowest BCUT2D eigenvalue weighted by molar-refractivity contribution is 0.211. The highest BCUT2D eigenvalue weighted by atomic mass is 35.5. The summed E-state index contributed by atoms with van der Waals surface area (Å²) < 4.78 is 8.40. The topological polar surface area (TPSA) is 42.8 Å². The van der Waals surface area contributed by atoms with E-state index >= 15 is 0 Å². The molecule has 1 unspecified atom stereocenters. The summed E-state index contributed by atoms with van der Waals surface area (Å²) >= 11 is 11.4. The fourth-order valence-electron chi connectivity index (χ4n) is 2.18. The average molecular weight is 324 g/mol. The minimum Gasteiger partial charge on any atom is -0.483 e. The molecule has 0 aliphatic heterocycles. The van der Waals surface area contributed by atoms with Crippen molar-refractivity contribution in [1.29, 1.82) is 0 Å². The van der Waals surface area contributed by atoms with Crippen molar-refractivity contribution in [3.8, 4) is 5.75 Å². The SMILES string of the molecule is C=CCn1c(C(C)Oc2cc(C)c(Cl)c(C)c2)n[nH]c1=S. The summed E-state index contributed by atoms with van der Waals surface area (Å²) in [5.41, 5.74) is 1.98. The first-order chi connectivity index (χ1) is 9.93. The molecule has 0 saturated heterocycles. The lowest BCUT2D eigenvalue weighted by Gasteiger charge is -2.16. The van der Waals surface area contributed by atoms with Gasteiger partial charge >= 0.3 is 0 Å². The highest BCUT2D eigenvalue weighted by Gasteiger charge is 2.16. The van der Waals surface area contributed by atoms with Crippen LogP contribution in [-0.4, -0.2) is 14.8 Å². The molecule has 0 radical (unpaired) electrons. The second kappa shape index (κ2) is 6.45. The smallest absolute Gasteiger partial charge is 0.195 e. The minimum absolute atomic E-state index is 0.238. The van der Waals surface area contributed by atoms with Gasteiger partial charge < -0.3 is 4.74 Å². The molecule has 112 valence electrons. The van der Waals surface area contributed by atoms with Crippen molar-refractivity contribution >= 4 is 23.8 Å². The van der Waals surface area contributed by atoms with Gasteiger partial charge in [-0.25, -0.2) is 0 Å². The number of benzene rings is 1. The Hall–Kier alpha value is -1.59. The molecule has 2 aromatic rings. The molecule has 0 aliphatic rings. The Labute approximate surface area is 134 Å². The Kier molecular flexibility index (Phi) is 4.85. The third-order valence-electron chi connectivity index (χ3n) is 3.19. The number of aromatic amines is 1. The third-order valence-corrected chi connectivity index (χ3v) is 4.09. The molecular formula is C15H18ClN3OS. The van der Waals surface area contributed by atoms with Crippen LogP contribution in [0.2, 0.25) is 5.02 Å². The molecular weight excluding hydrogens is 306 g/mol. The van der Waals surface area contributed by atoms with Crippen LogP contribution in [0.1, 0.15) is 30.0 Å². The number of aromatic nitrogens is 3. The molecule has 1 heterocycles. The van der Waals surface area contributed by atoms with Gasteiger partial charge in [0.25, 0.3) is 0 Å². The van der Waals surface area contributed by atoms with Crippen molar-refractivity contribution in [1.82, 2.24) is 14.8 Å². The second-order valence-electron chi connectivity index (χ2n) is 4.92. The van der Waals surface area contributed by atoms with Crippen LogP contribution in [0.15, 0.2) is 24.8 Å². The molecule has 0 bridgehead atoms. The second-order valence-corrected chi connectivity index (χ2v) is 5.68. The van der Waals surface area contributed by atoms with E-state index in [1.807, 2.05) is 37.5 Å². The third kappa shape index (κ3) is 3.36. The lowest BCUT2D eigenvalue weighted by Crippen LogP contribution is -2.11. The van der Waals surface area contributed by atoms with Crippen molar-refractivity contribution in [2.24, 2.45) is 0 Å². The van der Waals surface area contributed by atoms with E-state index in [0.29, 0.717) is 11.3 Å². The first-order valence-electron chi connectivity index (χ1n) is 6.63. The summed E-state index contributed by atoms with van der Waals surface area (Å²) in [6, 6.07) is 3.84. The quantitative estimate of drug-likeness (QED) is 0.649. The maximum absolute atomic E-state index is 6.17. The number of allylic oxidation sites excluding steroid dienone is 1. The van der Waals surface area contributed by atoms with Crippen LogP contribution < -0.4 is 4.74 Å². The Morgan fingerprint density at radius 2 is 2.10 bits per heavy atom. The van der Waals surface area contributed by atoms with Gasteiger partial charge in [0.05, 0.1) is 0 Å². The lowest BCUT2D eigenvalue weighted by atomic mass is 10.1. The summed E-state index contributed by atoms with van der Waals surface area (Å²) in [5, 5.41) is 7.80. The molecule has 0 aliphatic carbocycles. The number of hydrogen-bond donors (Lipinski definition) is 1. The van der Waals surface area contributed by atoms with E-state index in [4.69, 9.17) is 28.6 Å². The highest BCUT2D eigenvalue weighted by Crippen LogP contribution is 2.28. The predicted octanol–water partition coefficient (Wildman–Crippen LogP) is 4.54. The number of H-pyrrole nitrogens is 1. The molecule has 1 N–H and O–H groups in total. The number of nitrogens with zero attached hydrogens (tertiary/aromatic N) is 2. The van der Waals surface area contributed by atoms with Gasteiger partial charge in [0, 0.05) is 11.6 Å². The van der Waals surface area contributed by atoms with Crippen LogP contribution in [0.5, 0.6) is 5.75 Å². The number of aryl methyl sites for hydroxylation is 2. The zero-order valence-corrected chi connectivity index (χ0v) is 13.9. The Morgan fingerprint density at radius 1 is 1.48 bits per heavy atom. The van der Waals surface area contributed by atoms with Gasteiger partial charge in [-0.1, -0.05) is 17.7 Å². The number of hydrogen-bond acceptors (Lipinski definition) is 3. The van der Waals surface area contributed by atoms with Crippen LogP contribution in [0.3, 0.4) is 0 Å². The van der Waals surface area contributed by atoms with E-state index in [-0.39, 0.29) is 6.10 Å². The standard InChI is InChI=1S/C15H18ClN3OS/c1-5-6-19-14(17-18-15(19)21)11(4)20-12-7-9(2)13(16)10(3)8-12/h5,7-8,11H,1,6H2,2-4H3,(H,18,21). The number of nitrogens with one attached hydrogen (secondary N) is 1. The normalized spacial score (nSPS) is 12.2. The minimum atomic E-state index is -0.238. The van der Waals surface area contributed by atoms with E-state index in [1.165, 1.54) is 0 Å². The maximum Gasteiger partial charge on any atom is 0.195 e. The molecule has 2 rings (SSSR count). The fraction of sp³-hybridized carbons (Fsp3) is 0.333. The molecule has 4 nitrogen and oxygen atoms in total. The van der Waals surface area contributed by atoms with Crippen molar-refractivity contribution in [3.05, 3.63) is 51.5 Å². The van der Waals surface area contributed by atoms with Gasteiger partial charge in [0.1, 0.15) is 5.75 Å². The van der Waals surface area contributed by atoms with Crippen LogP contribution in [-0.2, 0) is 6.54 Å². The molecule has 0 saturated carbocycles. The van der Waals surface area contributed by atoms with Crippen molar-refractivity contribution in [2.45, 2.75) is 33.4 Å². The van der Waals surface area contributed by atoms with Gasteiger partial charge in [-0.2, -0.15) is 5.10 Å².